The number of hydrogen-bond donors (Lipinski definition) is 0. The highest BCUT2D eigenvalue weighted by Gasteiger charge is 2.18. The van der Waals surface area contributed by atoms with Crippen molar-refractivity contribution >= 4 is 44.8 Å². The highest BCUT2D eigenvalue weighted by Crippen LogP contribution is 2.42. The second kappa shape index (κ2) is 11.9. The molecule has 2 nitrogen and oxygen atoms in total. The Kier molecular flexibility index (Phi) is 7.40. The molecule has 0 fully saturated rings. The Labute approximate surface area is 281 Å². The fourth-order valence-corrected chi connectivity index (χ4v) is 8.71. The third kappa shape index (κ3) is 5.71. The van der Waals surface area contributed by atoms with Gasteiger partial charge in [-0.15, -0.1) is 11.3 Å². The molecule has 4 heteroatoms. The van der Waals surface area contributed by atoms with E-state index in [1.54, 1.807) is 0 Å². The molecule has 0 unspecified atom stereocenters. The van der Waals surface area contributed by atoms with Crippen molar-refractivity contribution in [2.45, 2.75) is 19.6 Å². The Balaban J connectivity index is 1.37. The van der Waals surface area contributed by atoms with Crippen molar-refractivity contribution in [1.82, 2.24) is 9.97 Å². The normalized spacial score (nSPS) is 11.7. The molecule has 2 heterocycles. The molecule has 0 aliphatic rings. The van der Waals surface area contributed by atoms with Crippen LogP contribution in [0.3, 0.4) is 0 Å². The molecule has 8 rings (SSSR count). The van der Waals surface area contributed by atoms with Gasteiger partial charge < -0.3 is 0 Å². The van der Waals surface area contributed by atoms with E-state index in [9.17, 15) is 0 Å². The third-order valence-corrected chi connectivity index (χ3v) is 12.1. The summed E-state index contributed by atoms with van der Waals surface area (Å²) >= 11 is 1.87. The van der Waals surface area contributed by atoms with Crippen LogP contribution in [0.1, 0.15) is 0 Å². The van der Waals surface area contributed by atoms with Crippen LogP contribution < -0.4 is 5.19 Å². The summed E-state index contributed by atoms with van der Waals surface area (Å²) in [6, 6.07) is 54.4. The summed E-state index contributed by atoms with van der Waals surface area (Å²) in [5.41, 5.74) is 9.77. The molecule has 47 heavy (non-hydrogen) atoms. The zero-order valence-corrected chi connectivity index (χ0v) is 28.6. The van der Waals surface area contributed by atoms with Crippen molar-refractivity contribution in [1.29, 1.82) is 0 Å². The number of nitrogens with zero attached hydrogens (tertiary/aromatic N) is 2. The molecule has 6 aromatic carbocycles. The topological polar surface area (TPSA) is 25.8 Å². The molecular formula is C43H34N2SSi. The predicted molar refractivity (Wildman–Crippen MR) is 205 cm³/mol. The molecule has 226 valence electrons. The Morgan fingerprint density at radius 1 is 0.447 bits per heavy atom. The van der Waals surface area contributed by atoms with E-state index in [-0.39, 0.29) is 0 Å². The zero-order valence-electron chi connectivity index (χ0n) is 26.7. The predicted octanol–water partition coefficient (Wildman–Crippen LogP) is 11.7. The monoisotopic (exact) mass is 638 g/mol. The first kappa shape index (κ1) is 29.3. The summed E-state index contributed by atoms with van der Waals surface area (Å²) < 4.78 is 2.62. The van der Waals surface area contributed by atoms with E-state index < -0.39 is 8.07 Å². The van der Waals surface area contributed by atoms with Crippen LogP contribution in [-0.2, 0) is 0 Å². The maximum atomic E-state index is 5.21. The van der Waals surface area contributed by atoms with E-state index >= 15 is 0 Å². The van der Waals surface area contributed by atoms with Gasteiger partial charge in [0.05, 0.1) is 19.5 Å². The molecule has 0 bridgehead atoms. The Bertz CT molecular complexity index is 2310. The van der Waals surface area contributed by atoms with Crippen LogP contribution in [0.25, 0.3) is 76.3 Å². The SMILES string of the molecule is C[Si](C)(C)c1ccc(-c2cc(-c3cc(-c4ccccc4)nc(-c4ccccc4)n3)cc(-c3cccc4c3sc3ccccc34)c2)cc1. The lowest BCUT2D eigenvalue weighted by Crippen LogP contribution is -2.37. The van der Waals surface area contributed by atoms with Crippen LogP contribution in [0.5, 0.6) is 0 Å². The quantitative estimate of drug-likeness (QED) is 0.169. The lowest BCUT2D eigenvalue weighted by molar-refractivity contribution is 1.18. The van der Waals surface area contributed by atoms with Gasteiger partial charge in [0, 0.05) is 36.9 Å². The highest BCUT2D eigenvalue weighted by atomic mass is 32.1. The Hall–Kier alpha value is -5.16. The number of hydrogen-bond acceptors (Lipinski definition) is 3. The second-order valence-electron chi connectivity index (χ2n) is 13.1. The number of thiophene rings is 1. The fraction of sp³-hybridized carbons (Fsp3) is 0.0698. The van der Waals surface area contributed by atoms with Crippen molar-refractivity contribution < 1.29 is 0 Å². The van der Waals surface area contributed by atoms with Gasteiger partial charge in [0.1, 0.15) is 0 Å². The van der Waals surface area contributed by atoms with Crippen molar-refractivity contribution in [3.8, 4) is 56.2 Å². The van der Waals surface area contributed by atoms with Crippen molar-refractivity contribution in [3.05, 3.63) is 152 Å². The average Bonchev–Trinajstić information content (AvgIpc) is 3.51. The molecule has 0 saturated carbocycles. The van der Waals surface area contributed by atoms with Crippen LogP contribution in [0.2, 0.25) is 19.6 Å². The van der Waals surface area contributed by atoms with Gasteiger partial charge in [-0.3, -0.25) is 0 Å². The molecule has 0 aliphatic carbocycles. The van der Waals surface area contributed by atoms with Gasteiger partial charge in [-0.2, -0.15) is 0 Å². The summed E-state index contributed by atoms with van der Waals surface area (Å²) in [6.45, 7) is 7.20. The highest BCUT2D eigenvalue weighted by molar-refractivity contribution is 7.26. The standard InChI is InChI=1S/C43H34N2SSi/c1-47(2,3)35-23-21-29(22-24-35)32-25-33(36-18-12-19-38-37-17-10-11-20-41(37)46-42(36)38)27-34(26-32)40-28-39(30-13-6-4-7-14-30)44-43(45-40)31-15-8-5-9-16-31/h4-28H,1-3H3. The molecule has 8 aromatic rings. The molecule has 0 N–H and O–H groups in total. The first-order valence-corrected chi connectivity index (χ1v) is 20.4. The Morgan fingerprint density at radius 3 is 1.77 bits per heavy atom. The number of aromatic nitrogens is 2. The Morgan fingerprint density at radius 2 is 1.04 bits per heavy atom. The second-order valence-corrected chi connectivity index (χ2v) is 19.2. The van der Waals surface area contributed by atoms with E-state index in [1.165, 1.54) is 47.6 Å². The zero-order chi connectivity index (χ0) is 32.0. The molecule has 2 aromatic heterocycles. The molecule has 0 saturated heterocycles. The van der Waals surface area contributed by atoms with Crippen LogP contribution in [0, 0.1) is 0 Å². The molecule has 0 spiro atoms. The largest absolute Gasteiger partial charge is 0.228 e. The van der Waals surface area contributed by atoms with Gasteiger partial charge in [0.2, 0.25) is 0 Å². The van der Waals surface area contributed by atoms with Gasteiger partial charge >= 0.3 is 0 Å². The first-order chi connectivity index (χ1) is 22.9. The maximum Gasteiger partial charge on any atom is 0.160 e. The minimum absolute atomic E-state index is 0.722. The van der Waals surface area contributed by atoms with E-state index in [1.807, 2.05) is 35.6 Å². The first-order valence-electron chi connectivity index (χ1n) is 16.1. The lowest BCUT2D eigenvalue weighted by atomic mass is 9.94. The van der Waals surface area contributed by atoms with Crippen LogP contribution >= 0.6 is 11.3 Å². The summed E-state index contributed by atoms with van der Waals surface area (Å²) in [5, 5.41) is 4.07. The van der Waals surface area contributed by atoms with Gasteiger partial charge in [0.15, 0.2) is 5.82 Å². The summed E-state index contributed by atoms with van der Waals surface area (Å²) in [4.78, 5) is 10.3. The molecule has 0 aliphatic heterocycles. The molecule has 0 atom stereocenters. The van der Waals surface area contributed by atoms with Gasteiger partial charge in [-0.05, 0) is 52.6 Å². The summed E-state index contributed by atoms with van der Waals surface area (Å²) in [6.07, 6.45) is 0. The van der Waals surface area contributed by atoms with Gasteiger partial charge in [-0.1, -0.05) is 146 Å². The maximum absolute atomic E-state index is 5.21. The number of rotatable bonds is 6. The molecular weight excluding hydrogens is 605 g/mol. The van der Waals surface area contributed by atoms with Gasteiger partial charge in [0.25, 0.3) is 0 Å². The van der Waals surface area contributed by atoms with Gasteiger partial charge in [-0.25, -0.2) is 9.97 Å². The summed E-state index contributed by atoms with van der Waals surface area (Å²) in [5.74, 6) is 0.722. The van der Waals surface area contributed by atoms with Crippen LogP contribution in [-0.4, -0.2) is 18.0 Å². The lowest BCUT2D eigenvalue weighted by Gasteiger charge is -2.17. The van der Waals surface area contributed by atoms with Crippen LogP contribution in [0.4, 0.5) is 0 Å². The van der Waals surface area contributed by atoms with Crippen molar-refractivity contribution in [2.75, 3.05) is 0 Å². The van der Waals surface area contributed by atoms with E-state index in [4.69, 9.17) is 9.97 Å². The van der Waals surface area contributed by atoms with Crippen molar-refractivity contribution in [3.63, 3.8) is 0 Å². The van der Waals surface area contributed by atoms with E-state index in [0.29, 0.717) is 0 Å². The minimum atomic E-state index is -1.42. The van der Waals surface area contributed by atoms with E-state index in [2.05, 4.69) is 147 Å². The molecule has 0 amide bonds. The fourth-order valence-electron chi connectivity index (χ4n) is 6.30. The van der Waals surface area contributed by atoms with Crippen LogP contribution in [0.15, 0.2) is 152 Å². The molecule has 0 radical (unpaired) electrons. The average molecular weight is 639 g/mol. The number of benzene rings is 6. The van der Waals surface area contributed by atoms with Crippen molar-refractivity contribution in [2.24, 2.45) is 0 Å². The van der Waals surface area contributed by atoms with E-state index in [0.717, 1.165) is 33.9 Å². The summed E-state index contributed by atoms with van der Waals surface area (Å²) in [7, 11) is -1.42. The smallest absolute Gasteiger partial charge is 0.160 e. The third-order valence-electron chi connectivity index (χ3n) is 8.86. The minimum Gasteiger partial charge on any atom is -0.228 e. The number of fused-ring (bicyclic) bond motifs is 3.